The Morgan fingerprint density at radius 1 is 0.868 bits per heavy atom. The van der Waals surface area contributed by atoms with E-state index in [4.69, 9.17) is 9.73 Å². The lowest BCUT2D eigenvalue weighted by molar-refractivity contribution is 0.369. The molecule has 3 aromatic rings. The summed E-state index contributed by atoms with van der Waals surface area (Å²) in [5.74, 6) is 2.40. The number of anilines is 1. The van der Waals surface area contributed by atoms with E-state index in [1.807, 2.05) is 13.0 Å². The van der Waals surface area contributed by atoms with E-state index in [9.17, 15) is 0 Å². The lowest BCUT2D eigenvalue weighted by Gasteiger charge is -2.14. The number of amidine groups is 1. The van der Waals surface area contributed by atoms with Gasteiger partial charge in [0.2, 0.25) is 0 Å². The van der Waals surface area contributed by atoms with Crippen LogP contribution in [-0.2, 0) is 4.74 Å². The second kappa shape index (κ2) is 15.6. The Morgan fingerprint density at radius 3 is 2.00 bits per heavy atom. The zero-order valence-electron chi connectivity index (χ0n) is 24.9. The highest BCUT2D eigenvalue weighted by Crippen LogP contribution is 2.29. The molecule has 0 fully saturated rings. The van der Waals surface area contributed by atoms with Gasteiger partial charge in [-0.05, 0) is 99.9 Å². The second-order valence-corrected chi connectivity index (χ2v) is 10.2. The molecule has 0 spiro atoms. The van der Waals surface area contributed by atoms with E-state index < -0.39 is 0 Å². The summed E-state index contributed by atoms with van der Waals surface area (Å²) in [5.41, 5.74) is 9.52. The molecule has 0 atom stereocenters. The van der Waals surface area contributed by atoms with Crippen molar-refractivity contribution < 1.29 is 4.74 Å². The van der Waals surface area contributed by atoms with Crippen LogP contribution in [0.3, 0.4) is 0 Å². The lowest BCUT2D eigenvalue weighted by atomic mass is 10.0. The van der Waals surface area contributed by atoms with Gasteiger partial charge in [-0.1, -0.05) is 80.9 Å². The Bertz CT molecular complexity index is 1230. The van der Waals surface area contributed by atoms with Crippen LogP contribution < -0.4 is 5.32 Å². The number of ether oxygens (including phenoxy) is 1. The smallest absolute Gasteiger partial charge is 0.122 e. The molecule has 0 heterocycles. The van der Waals surface area contributed by atoms with Crippen LogP contribution in [0.1, 0.15) is 71.1 Å². The van der Waals surface area contributed by atoms with Crippen LogP contribution in [0.15, 0.2) is 95.1 Å². The van der Waals surface area contributed by atoms with Gasteiger partial charge < -0.3 is 10.1 Å². The fraction of sp³-hybridized carbons (Fsp3) is 0.343. The number of nitrogens with zero attached hydrogens (tertiary/aromatic N) is 1. The van der Waals surface area contributed by atoms with Crippen molar-refractivity contribution in [3.8, 4) is 11.1 Å². The minimum Gasteiger partial charge on any atom is -0.496 e. The summed E-state index contributed by atoms with van der Waals surface area (Å²) in [6.45, 7) is 17.1. The molecule has 3 aromatic carbocycles. The largest absolute Gasteiger partial charge is 0.496 e. The fourth-order valence-corrected chi connectivity index (χ4v) is 4.15. The molecule has 0 aliphatic heterocycles. The Balaban J connectivity index is 0.000000538. The van der Waals surface area contributed by atoms with Crippen molar-refractivity contribution in [2.24, 2.45) is 10.9 Å². The highest BCUT2D eigenvalue weighted by atomic mass is 16.5. The quantitative estimate of drug-likeness (QED) is 0.186. The average molecular weight is 511 g/mol. The van der Waals surface area contributed by atoms with Crippen molar-refractivity contribution in [1.29, 1.82) is 0 Å². The SMILES string of the molecule is CC/C=C(\OC)c1cc(NC(C)=N/C(C)=C(\C)CC(C)C)cc(-c2ccccc2)c1.Cc1ccccc1C. The maximum absolute atomic E-state index is 5.66. The van der Waals surface area contributed by atoms with Crippen LogP contribution in [0, 0.1) is 19.8 Å². The fourth-order valence-electron chi connectivity index (χ4n) is 4.15. The Kier molecular flexibility index (Phi) is 12.6. The van der Waals surface area contributed by atoms with Gasteiger partial charge in [0.1, 0.15) is 11.6 Å². The highest BCUT2D eigenvalue weighted by Gasteiger charge is 2.09. The predicted octanol–water partition coefficient (Wildman–Crippen LogP) is 10.2. The van der Waals surface area contributed by atoms with Crippen molar-refractivity contribution in [1.82, 2.24) is 0 Å². The molecule has 0 saturated carbocycles. The first-order valence-electron chi connectivity index (χ1n) is 13.6. The standard InChI is InChI=1S/C27H36N2O.C8H10/c1-8-12-27(30-7)25-16-24(23-13-10-9-11-14-23)17-26(18-25)29-22(6)28-21(5)20(4)15-19(2)3;1-7-5-3-4-6-8(7)2/h9-14,16-19H,8,15H2,1-7H3,(H,28,29);3-6H,1-2H3/b21-20+,27-12-;. The average Bonchev–Trinajstić information content (AvgIpc) is 2.89. The maximum atomic E-state index is 5.66. The van der Waals surface area contributed by atoms with Crippen molar-refractivity contribution in [3.05, 3.63) is 107 Å². The van der Waals surface area contributed by atoms with Gasteiger partial charge >= 0.3 is 0 Å². The number of nitrogens with one attached hydrogen (secondary N) is 1. The minimum atomic E-state index is 0.631. The molecule has 0 aromatic heterocycles. The summed E-state index contributed by atoms with van der Waals surface area (Å²) in [4.78, 5) is 4.80. The normalized spacial score (nSPS) is 12.5. The molecule has 3 rings (SSSR count). The Labute approximate surface area is 231 Å². The number of methoxy groups -OCH3 is 1. The third kappa shape index (κ3) is 10.0. The molecule has 0 aliphatic rings. The number of aryl methyl sites for hydroxylation is 2. The Morgan fingerprint density at radius 2 is 1.47 bits per heavy atom. The van der Waals surface area contributed by atoms with Gasteiger partial charge in [-0.2, -0.15) is 0 Å². The lowest BCUT2D eigenvalue weighted by Crippen LogP contribution is -2.08. The van der Waals surface area contributed by atoms with Gasteiger partial charge in [0.05, 0.1) is 7.11 Å². The van der Waals surface area contributed by atoms with E-state index in [1.165, 1.54) is 22.3 Å². The summed E-state index contributed by atoms with van der Waals surface area (Å²) in [6, 6.07) is 25.2. The van der Waals surface area contributed by atoms with E-state index in [2.05, 4.69) is 127 Å². The molecule has 0 radical (unpaired) electrons. The van der Waals surface area contributed by atoms with Crippen LogP contribution in [0.25, 0.3) is 16.9 Å². The van der Waals surface area contributed by atoms with E-state index in [0.29, 0.717) is 5.92 Å². The maximum Gasteiger partial charge on any atom is 0.122 e. The minimum absolute atomic E-state index is 0.631. The zero-order valence-corrected chi connectivity index (χ0v) is 24.9. The molecule has 0 unspecified atom stereocenters. The molecular weight excluding hydrogens is 464 g/mol. The molecule has 202 valence electrons. The number of hydrogen-bond acceptors (Lipinski definition) is 2. The number of allylic oxidation sites excluding steroid dienone is 3. The first-order chi connectivity index (χ1) is 18.1. The third-order valence-electron chi connectivity index (χ3n) is 6.35. The van der Waals surface area contributed by atoms with Gasteiger partial charge in [-0.3, -0.25) is 0 Å². The van der Waals surface area contributed by atoms with Crippen LogP contribution in [0.4, 0.5) is 5.69 Å². The summed E-state index contributed by atoms with van der Waals surface area (Å²) < 4.78 is 5.66. The molecule has 0 bridgehead atoms. The first kappa shape index (κ1) is 30.6. The zero-order chi connectivity index (χ0) is 28.1. The molecular formula is C35H46N2O. The van der Waals surface area contributed by atoms with Gasteiger partial charge in [-0.25, -0.2) is 4.99 Å². The third-order valence-corrected chi connectivity index (χ3v) is 6.35. The number of aliphatic imine (C=N–C) groups is 1. The van der Waals surface area contributed by atoms with Crippen molar-refractivity contribution in [2.75, 3.05) is 12.4 Å². The second-order valence-electron chi connectivity index (χ2n) is 10.2. The van der Waals surface area contributed by atoms with Crippen LogP contribution in [0.5, 0.6) is 0 Å². The van der Waals surface area contributed by atoms with E-state index in [0.717, 1.165) is 46.9 Å². The van der Waals surface area contributed by atoms with Crippen LogP contribution in [0.2, 0.25) is 0 Å². The molecule has 1 N–H and O–H groups in total. The number of benzene rings is 3. The molecule has 38 heavy (non-hydrogen) atoms. The summed E-state index contributed by atoms with van der Waals surface area (Å²) in [7, 11) is 1.72. The molecule has 0 amide bonds. The summed E-state index contributed by atoms with van der Waals surface area (Å²) in [5, 5.41) is 3.49. The van der Waals surface area contributed by atoms with Crippen molar-refractivity contribution in [3.63, 3.8) is 0 Å². The van der Waals surface area contributed by atoms with E-state index in [-0.39, 0.29) is 0 Å². The van der Waals surface area contributed by atoms with Gasteiger partial charge in [0.15, 0.2) is 0 Å². The van der Waals surface area contributed by atoms with Crippen LogP contribution in [-0.4, -0.2) is 12.9 Å². The van der Waals surface area contributed by atoms with Gasteiger partial charge in [-0.15, -0.1) is 0 Å². The van der Waals surface area contributed by atoms with Crippen LogP contribution >= 0.6 is 0 Å². The van der Waals surface area contributed by atoms with Crippen molar-refractivity contribution >= 4 is 17.3 Å². The monoisotopic (exact) mass is 510 g/mol. The topological polar surface area (TPSA) is 33.6 Å². The van der Waals surface area contributed by atoms with Crippen molar-refractivity contribution in [2.45, 2.75) is 68.2 Å². The summed E-state index contributed by atoms with van der Waals surface area (Å²) in [6.07, 6.45) is 4.09. The molecule has 0 aliphatic carbocycles. The summed E-state index contributed by atoms with van der Waals surface area (Å²) >= 11 is 0. The molecule has 3 nitrogen and oxygen atoms in total. The number of hydrogen-bond donors (Lipinski definition) is 1. The van der Waals surface area contributed by atoms with E-state index in [1.54, 1.807) is 7.11 Å². The molecule has 0 saturated heterocycles. The highest BCUT2D eigenvalue weighted by molar-refractivity contribution is 5.95. The molecule has 3 heteroatoms. The first-order valence-corrected chi connectivity index (χ1v) is 13.6. The number of rotatable bonds is 8. The Hall–Kier alpha value is -3.59. The van der Waals surface area contributed by atoms with Gasteiger partial charge in [0.25, 0.3) is 0 Å². The van der Waals surface area contributed by atoms with Gasteiger partial charge in [0, 0.05) is 16.9 Å². The van der Waals surface area contributed by atoms with E-state index >= 15 is 0 Å². The predicted molar refractivity (Wildman–Crippen MR) is 168 cm³/mol.